The summed E-state index contributed by atoms with van der Waals surface area (Å²) in [5, 5.41) is 3.46. The third-order valence-electron chi connectivity index (χ3n) is 9.76. The highest BCUT2D eigenvalue weighted by molar-refractivity contribution is 5.74. The average Bonchev–Trinajstić information content (AvgIpc) is 3.14. The zero-order valence-electron chi connectivity index (χ0n) is 29.2. The van der Waals surface area contributed by atoms with Crippen LogP contribution in [0.4, 0.5) is 13.2 Å². The first-order valence-electron chi connectivity index (χ1n) is 17.6. The minimum absolute atomic E-state index is 0.000814. The smallest absolute Gasteiger partial charge is 0.251 e. The van der Waals surface area contributed by atoms with Crippen LogP contribution >= 0.6 is 0 Å². The van der Waals surface area contributed by atoms with Gasteiger partial charge in [0.15, 0.2) is 5.82 Å². The number of methoxy groups -OCH3 is 1. The molecule has 0 atom stereocenters. The predicted molar refractivity (Wildman–Crippen MR) is 193 cm³/mol. The van der Waals surface area contributed by atoms with E-state index in [9.17, 15) is 22.8 Å². The Bertz CT molecular complexity index is 2100. The van der Waals surface area contributed by atoms with Crippen molar-refractivity contribution >= 4 is 22.1 Å². The fraction of sp³-hybridized carbons (Fsp3) is 0.432. The van der Waals surface area contributed by atoms with Gasteiger partial charge in [0.25, 0.3) is 11.1 Å². The van der Waals surface area contributed by atoms with Gasteiger partial charge in [-0.3, -0.25) is 19.6 Å². The van der Waals surface area contributed by atoms with Crippen molar-refractivity contribution in [2.24, 2.45) is 5.73 Å². The molecule has 0 radical (unpaired) electrons. The second-order valence-corrected chi connectivity index (χ2v) is 13.3. The van der Waals surface area contributed by atoms with Crippen LogP contribution in [-0.4, -0.2) is 92.3 Å². The Balaban J connectivity index is 0.000000192. The summed E-state index contributed by atoms with van der Waals surface area (Å²) in [5.74, 6) is -1.34. The van der Waals surface area contributed by atoms with E-state index >= 15 is 0 Å². The third-order valence-corrected chi connectivity index (χ3v) is 9.76. The SMILES string of the molecule is COc1ncc(CNC2CCN(CCn3c(=O)ccc4ncc(F)cc43)CC2)cc1F.NC1CCN(CCn2c(=O)ccc3ncc(F)cc32)CC1. The van der Waals surface area contributed by atoms with Crippen molar-refractivity contribution in [1.82, 2.24) is 39.2 Å². The zero-order chi connectivity index (χ0) is 36.6. The van der Waals surface area contributed by atoms with Gasteiger partial charge in [-0.25, -0.2) is 18.2 Å². The lowest BCUT2D eigenvalue weighted by Crippen LogP contribution is -2.43. The highest BCUT2D eigenvalue weighted by Crippen LogP contribution is 2.17. The van der Waals surface area contributed by atoms with E-state index in [4.69, 9.17) is 10.5 Å². The van der Waals surface area contributed by atoms with Gasteiger partial charge in [0.05, 0.1) is 41.6 Å². The second-order valence-electron chi connectivity index (χ2n) is 13.3. The van der Waals surface area contributed by atoms with Gasteiger partial charge in [-0.2, -0.15) is 0 Å². The van der Waals surface area contributed by atoms with Crippen molar-refractivity contribution < 1.29 is 17.9 Å². The number of nitrogens with zero attached hydrogens (tertiary/aromatic N) is 7. The number of piperidine rings is 2. The van der Waals surface area contributed by atoms with Crippen LogP contribution in [0.5, 0.6) is 5.88 Å². The average molecular weight is 720 g/mol. The molecular formula is C37H44F3N9O3. The molecule has 15 heteroatoms. The van der Waals surface area contributed by atoms with E-state index in [1.807, 2.05) is 0 Å². The first-order chi connectivity index (χ1) is 25.2. The summed E-state index contributed by atoms with van der Waals surface area (Å²) in [7, 11) is 1.39. The molecule has 7 rings (SSSR count). The number of aromatic nitrogens is 5. The number of hydrogen-bond donors (Lipinski definition) is 2. The van der Waals surface area contributed by atoms with E-state index in [0.717, 1.165) is 70.2 Å². The zero-order valence-corrected chi connectivity index (χ0v) is 29.2. The topological polar surface area (TPSA) is 136 Å². The molecule has 2 fully saturated rings. The fourth-order valence-corrected chi connectivity index (χ4v) is 6.74. The number of likely N-dealkylation sites (tertiary alicyclic amines) is 2. The summed E-state index contributed by atoms with van der Waals surface area (Å²) in [6, 6.07) is 11.0. The molecule has 12 nitrogen and oxygen atoms in total. The molecule has 5 aromatic heterocycles. The summed E-state index contributed by atoms with van der Waals surface area (Å²) in [4.78, 5) is 41.0. The Hall–Kier alpha value is -4.70. The lowest BCUT2D eigenvalue weighted by molar-refractivity contribution is 0.191. The van der Waals surface area contributed by atoms with Gasteiger partial charge in [-0.15, -0.1) is 0 Å². The standard InChI is InChI=1S/C22H25F2N5O2.C15H19FN4O/c1-31-22-18(24)10-15(13-27-22)12-25-17-4-6-28(7-5-17)8-9-29-20-11-16(23)14-26-19(20)2-3-21(29)30;16-11-9-14-13(18-10-11)1-2-15(21)20(14)8-7-19-5-3-12(17)4-6-19/h2-3,10-11,13-14,17,25H,4-9,12H2,1H3;1-2,9-10,12H,3-8,17H2. The van der Waals surface area contributed by atoms with Crippen LogP contribution in [0.15, 0.2) is 70.6 Å². The Morgan fingerprint density at radius 2 is 1.25 bits per heavy atom. The number of halogens is 3. The first kappa shape index (κ1) is 37.1. The molecule has 2 aliphatic heterocycles. The maximum Gasteiger partial charge on any atom is 0.251 e. The van der Waals surface area contributed by atoms with Gasteiger partial charge < -0.3 is 34.7 Å². The molecule has 0 saturated carbocycles. The number of nitrogens with two attached hydrogens (primary N) is 1. The van der Waals surface area contributed by atoms with Gasteiger partial charge in [0.2, 0.25) is 5.88 Å². The third kappa shape index (κ3) is 9.39. The Morgan fingerprint density at radius 3 is 1.75 bits per heavy atom. The summed E-state index contributed by atoms with van der Waals surface area (Å²) in [6.45, 7) is 6.71. The van der Waals surface area contributed by atoms with Gasteiger partial charge in [-0.1, -0.05) is 0 Å². The fourth-order valence-electron chi connectivity index (χ4n) is 6.74. The van der Waals surface area contributed by atoms with E-state index < -0.39 is 17.5 Å². The molecule has 0 unspecified atom stereocenters. The number of ether oxygens (including phenoxy) is 1. The van der Waals surface area contributed by atoms with Crippen LogP contribution in [0.25, 0.3) is 22.1 Å². The van der Waals surface area contributed by atoms with Crippen molar-refractivity contribution in [3.05, 3.63) is 105 Å². The van der Waals surface area contributed by atoms with E-state index in [1.54, 1.807) is 27.5 Å². The Morgan fingerprint density at radius 1 is 0.731 bits per heavy atom. The Labute approximate surface area is 299 Å². The van der Waals surface area contributed by atoms with E-state index in [2.05, 4.69) is 30.1 Å². The molecule has 2 aliphatic rings. The number of rotatable bonds is 10. The Kier molecular flexibility index (Phi) is 12.3. The van der Waals surface area contributed by atoms with Gasteiger partial charge in [0.1, 0.15) is 11.6 Å². The van der Waals surface area contributed by atoms with Crippen molar-refractivity contribution in [2.45, 2.75) is 57.4 Å². The van der Waals surface area contributed by atoms with Gasteiger partial charge >= 0.3 is 0 Å². The van der Waals surface area contributed by atoms with Crippen LogP contribution in [0.3, 0.4) is 0 Å². The van der Waals surface area contributed by atoms with Crippen LogP contribution in [0, 0.1) is 17.5 Å². The second kappa shape index (κ2) is 17.2. The largest absolute Gasteiger partial charge is 0.479 e. The number of fused-ring (bicyclic) bond motifs is 2. The molecule has 7 heterocycles. The number of nitrogens with one attached hydrogen (secondary N) is 1. The van der Waals surface area contributed by atoms with Gasteiger partial charge in [-0.05, 0) is 75.6 Å². The normalized spacial score (nSPS) is 16.2. The number of hydrogen-bond acceptors (Lipinski definition) is 10. The molecule has 52 heavy (non-hydrogen) atoms. The van der Waals surface area contributed by atoms with Crippen molar-refractivity contribution in [1.29, 1.82) is 0 Å². The molecular weight excluding hydrogens is 675 g/mol. The molecule has 2 saturated heterocycles. The van der Waals surface area contributed by atoms with E-state index in [-0.39, 0.29) is 17.0 Å². The molecule has 0 bridgehead atoms. The molecule has 5 aromatic rings. The molecule has 276 valence electrons. The van der Waals surface area contributed by atoms with Crippen LogP contribution in [-0.2, 0) is 19.6 Å². The minimum Gasteiger partial charge on any atom is -0.479 e. The highest BCUT2D eigenvalue weighted by atomic mass is 19.1. The maximum absolute atomic E-state index is 13.8. The summed E-state index contributed by atoms with van der Waals surface area (Å²) < 4.78 is 48.8. The van der Waals surface area contributed by atoms with Crippen molar-refractivity contribution in [3.8, 4) is 5.88 Å². The van der Waals surface area contributed by atoms with E-state index in [1.165, 1.54) is 43.6 Å². The summed E-state index contributed by atoms with van der Waals surface area (Å²) >= 11 is 0. The van der Waals surface area contributed by atoms with Crippen LogP contribution in [0.1, 0.15) is 31.2 Å². The molecule has 0 aliphatic carbocycles. The first-order valence-corrected chi connectivity index (χ1v) is 17.6. The van der Waals surface area contributed by atoms with Crippen LogP contribution in [0.2, 0.25) is 0 Å². The lowest BCUT2D eigenvalue weighted by atomic mass is 10.0. The van der Waals surface area contributed by atoms with Crippen molar-refractivity contribution in [3.63, 3.8) is 0 Å². The van der Waals surface area contributed by atoms with Crippen LogP contribution < -0.4 is 26.9 Å². The summed E-state index contributed by atoms with van der Waals surface area (Å²) in [5.41, 5.74) is 8.70. The predicted octanol–water partition coefficient (Wildman–Crippen LogP) is 3.29. The highest BCUT2D eigenvalue weighted by Gasteiger charge is 2.20. The molecule has 0 spiro atoms. The summed E-state index contributed by atoms with van der Waals surface area (Å²) in [6.07, 6.45) is 7.82. The maximum atomic E-state index is 13.8. The minimum atomic E-state index is -0.463. The monoisotopic (exact) mass is 719 g/mol. The van der Waals surface area contributed by atoms with E-state index in [0.29, 0.717) is 60.3 Å². The van der Waals surface area contributed by atoms with Crippen molar-refractivity contribution in [2.75, 3.05) is 46.4 Å². The molecule has 0 aromatic carbocycles. The quantitative estimate of drug-likeness (QED) is 0.221. The molecule has 0 amide bonds. The lowest BCUT2D eigenvalue weighted by Gasteiger charge is -2.32. The van der Waals surface area contributed by atoms with Gasteiger partial charge in [0, 0.05) is 75.3 Å². The number of pyridine rings is 5. The molecule has 3 N–H and O–H groups in total.